The molecule has 4 heteroatoms. The molecule has 2 unspecified atom stereocenters. The number of nitrogens with zero attached hydrogens (tertiary/aromatic N) is 1. The zero-order valence-corrected chi connectivity index (χ0v) is 14.7. The molecule has 132 valence electrons. The van der Waals surface area contributed by atoms with Crippen LogP contribution in [0.4, 0.5) is 0 Å². The SMILES string of the molecule is O=C(Cc1ccc2nc[nH]c2c1)c1cccc(C2CC2NCC2CC2)c1. The second-order valence-corrected chi connectivity index (χ2v) is 7.78. The molecule has 0 bridgehead atoms. The number of carbonyl (C=O) groups is 1. The van der Waals surface area contributed by atoms with E-state index < -0.39 is 0 Å². The Morgan fingerprint density at radius 3 is 3.00 bits per heavy atom. The number of aromatic nitrogens is 2. The van der Waals surface area contributed by atoms with Crippen LogP contribution < -0.4 is 5.32 Å². The van der Waals surface area contributed by atoms with Crippen LogP contribution in [-0.2, 0) is 6.42 Å². The standard InChI is InChI=1S/C22H23N3O/c26-22(9-15-6-7-19-21(8-15)25-13-24-19)17-3-1-2-16(10-17)18-11-20(18)23-12-14-4-5-14/h1-3,6-8,10,13-14,18,20,23H,4-5,9,11-12H2,(H,24,25). The Morgan fingerprint density at radius 1 is 1.19 bits per heavy atom. The van der Waals surface area contributed by atoms with Gasteiger partial charge in [-0.2, -0.15) is 0 Å². The Kier molecular flexibility index (Phi) is 3.86. The van der Waals surface area contributed by atoms with Crippen LogP contribution in [0.25, 0.3) is 11.0 Å². The van der Waals surface area contributed by atoms with Crippen molar-refractivity contribution in [1.29, 1.82) is 0 Å². The molecule has 2 aromatic carbocycles. The monoisotopic (exact) mass is 345 g/mol. The van der Waals surface area contributed by atoms with Crippen molar-refractivity contribution >= 4 is 16.8 Å². The van der Waals surface area contributed by atoms with Crippen LogP contribution in [0, 0.1) is 5.92 Å². The number of hydrogen-bond acceptors (Lipinski definition) is 3. The van der Waals surface area contributed by atoms with Gasteiger partial charge < -0.3 is 10.3 Å². The van der Waals surface area contributed by atoms with Crippen LogP contribution in [-0.4, -0.2) is 28.3 Å². The molecule has 2 N–H and O–H groups in total. The lowest BCUT2D eigenvalue weighted by molar-refractivity contribution is 0.0993. The normalized spacial score (nSPS) is 21.8. The molecule has 26 heavy (non-hydrogen) atoms. The summed E-state index contributed by atoms with van der Waals surface area (Å²) in [5.74, 6) is 1.66. The number of fused-ring (bicyclic) bond motifs is 1. The number of nitrogens with one attached hydrogen (secondary N) is 2. The molecule has 2 saturated carbocycles. The number of H-pyrrole nitrogens is 1. The van der Waals surface area contributed by atoms with Crippen molar-refractivity contribution in [3.05, 3.63) is 65.5 Å². The van der Waals surface area contributed by atoms with E-state index in [-0.39, 0.29) is 5.78 Å². The number of ketones is 1. The van der Waals surface area contributed by atoms with Crippen LogP contribution in [0.15, 0.2) is 48.8 Å². The molecule has 1 aromatic heterocycles. The van der Waals surface area contributed by atoms with Gasteiger partial charge >= 0.3 is 0 Å². The Balaban J connectivity index is 1.26. The molecule has 0 amide bonds. The minimum Gasteiger partial charge on any atom is -0.345 e. The van der Waals surface area contributed by atoms with Crippen molar-refractivity contribution in [2.75, 3.05) is 6.54 Å². The summed E-state index contributed by atoms with van der Waals surface area (Å²) in [6, 6.07) is 14.8. The molecule has 2 fully saturated rings. The highest BCUT2D eigenvalue weighted by molar-refractivity contribution is 5.98. The predicted molar refractivity (Wildman–Crippen MR) is 102 cm³/mol. The van der Waals surface area contributed by atoms with Gasteiger partial charge in [0.15, 0.2) is 5.78 Å². The third-order valence-electron chi connectivity index (χ3n) is 5.64. The summed E-state index contributed by atoms with van der Waals surface area (Å²) >= 11 is 0. The fraction of sp³-hybridized carbons (Fsp3) is 0.364. The van der Waals surface area contributed by atoms with Crippen molar-refractivity contribution in [3.8, 4) is 0 Å². The van der Waals surface area contributed by atoms with Crippen LogP contribution in [0.3, 0.4) is 0 Å². The van der Waals surface area contributed by atoms with Gasteiger partial charge in [0.1, 0.15) is 0 Å². The smallest absolute Gasteiger partial charge is 0.167 e. The first-order chi connectivity index (χ1) is 12.8. The molecule has 1 heterocycles. The molecule has 3 aromatic rings. The van der Waals surface area contributed by atoms with Crippen molar-refractivity contribution in [2.24, 2.45) is 5.92 Å². The fourth-order valence-electron chi connectivity index (χ4n) is 3.75. The fourth-order valence-corrected chi connectivity index (χ4v) is 3.75. The topological polar surface area (TPSA) is 57.8 Å². The molecule has 2 aliphatic carbocycles. The van der Waals surface area contributed by atoms with Gasteiger partial charge in [-0.15, -0.1) is 0 Å². The summed E-state index contributed by atoms with van der Waals surface area (Å²) in [5, 5.41) is 3.68. The van der Waals surface area contributed by atoms with E-state index in [1.54, 1.807) is 6.33 Å². The van der Waals surface area contributed by atoms with Gasteiger partial charge in [-0.3, -0.25) is 4.79 Å². The van der Waals surface area contributed by atoms with Crippen molar-refractivity contribution in [2.45, 2.75) is 37.6 Å². The first kappa shape index (κ1) is 15.8. The first-order valence-corrected chi connectivity index (χ1v) is 9.55. The maximum absolute atomic E-state index is 12.7. The first-order valence-electron chi connectivity index (χ1n) is 9.55. The molecule has 2 aliphatic rings. The summed E-state index contributed by atoms with van der Waals surface area (Å²) in [6.07, 6.45) is 6.08. The van der Waals surface area contributed by atoms with Gasteiger partial charge in [0.2, 0.25) is 0 Å². The lowest BCUT2D eigenvalue weighted by Gasteiger charge is -2.06. The summed E-state index contributed by atoms with van der Waals surface area (Å²) in [7, 11) is 0. The highest BCUT2D eigenvalue weighted by Gasteiger charge is 2.39. The Labute approximate surface area is 153 Å². The Hall–Kier alpha value is -2.46. The van der Waals surface area contributed by atoms with E-state index >= 15 is 0 Å². The zero-order valence-electron chi connectivity index (χ0n) is 14.7. The quantitative estimate of drug-likeness (QED) is 0.640. The van der Waals surface area contributed by atoms with Gasteiger partial charge in [-0.25, -0.2) is 4.98 Å². The van der Waals surface area contributed by atoms with Crippen LogP contribution >= 0.6 is 0 Å². The van der Waals surface area contributed by atoms with Crippen LogP contribution in [0.5, 0.6) is 0 Å². The molecule has 4 nitrogen and oxygen atoms in total. The molecular weight excluding hydrogens is 322 g/mol. The van der Waals surface area contributed by atoms with Crippen molar-refractivity contribution in [3.63, 3.8) is 0 Å². The Bertz CT molecular complexity index is 957. The maximum Gasteiger partial charge on any atom is 0.167 e. The van der Waals surface area contributed by atoms with Gasteiger partial charge in [-0.05, 0) is 61.1 Å². The summed E-state index contributed by atoms with van der Waals surface area (Å²) in [6.45, 7) is 1.16. The summed E-state index contributed by atoms with van der Waals surface area (Å²) in [5.41, 5.74) is 5.05. The number of imidazole rings is 1. The molecule has 2 atom stereocenters. The minimum absolute atomic E-state index is 0.175. The number of aromatic amines is 1. The van der Waals surface area contributed by atoms with E-state index in [1.807, 2.05) is 30.3 Å². The summed E-state index contributed by atoms with van der Waals surface area (Å²) in [4.78, 5) is 20.1. The highest BCUT2D eigenvalue weighted by atomic mass is 16.1. The van der Waals surface area contributed by atoms with E-state index in [4.69, 9.17) is 0 Å². The summed E-state index contributed by atoms with van der Waals surface area (Å²) < 4.78 is 0. The van der Waals surface area contributed by atoms with E-state index in [0.29, 0.717) is 18.4 Å². The van der Waals surface area contributed by atoms with Gasteiger partial charge in [0.25, 0.3) is 0 Å². The molecule has 0 radical (unpaired) electrons. The van der Waals surface area contributed by atoms with Crippen LogP contribution in [0.1, 0.15) is 46.7 Å². The number of hydrogen-bond donors (Lipinski definition) is 2. The van der Waals surface area contributed by atoms with E-state index in [0.717, 1.165) is 34.6 Å². The van der Waals surface area contributed by atoms with E-state index in [2.05, 4.69) is 27.4 Å². The third kappa shape index (κ3) is 3.29. The number of benzene rings is 2. The van der Waals surface area contributed by atoms with Crippen molar-refractivity contribution in [1.82, 2.24) is 15.3 Å². The second kappa shape index (κ2) is 6.36. The van der Waals surface area contributed by atoms with Gasteiger partial charge in [-0.1, -0.05) is 24.3 Å². The number of Topliss-reactive ketones (excluding diaryl/α,β-unsaturated/α-hetero) is 1. The number of carbonyl (C=O) groups excluding carboxylic acids is 1. The van der Waals surface area contributed by atoms with Crippen LogP contribution in [0.2, 0.25) is 0 Å². The lowest BCUT2D eigenvalue weighted by atomic mass is 9.99. The second-order valence-electron chi connectivity index (χ2n) is 7.78. The minimum atomic E-state index is 0.175. The zero-order chi connectivity index (χ0) is 17.5. The molecule has 0 aliphatic heterocycles. The van der Waals surface area contributed by atoms with Gasteiger partial charge in [0, 0.05) is 23.9 Å². The highest BCUT2D eigenvalue weighted by Crippen LogP contribution is 2.41. The number of rotatable bonds is 7. The third-order valence-corrected chi connectivity index (χ3v) is 5.64. The average molecular weight is 345 g/mol. The molecule has 5 rings (SSSR count). The maximum atomic E-state index is 12.7. The molecule has 0 spiro atoms. The Morgan fingerprint density at radius 2 is 2.12 bits per heavy atom. The van der Waals surface area contributed by atoms with Crippen molar-refractivity contribution < 1.29 is 4.79 Å². The molecular formula is C22H23N3O. The predicted octanol–water partition coefficient (Wildman–Crippen LogP) is 3.84. The lowest BCUT2D eigenvalue weighted by Crippen LogP contribution is -2.20. The van der Waals surface area contributed by atoms with E-state index in [9.17, 15) is 4.79 Å². The average Bonchev–Trinajstić information content (AvgIpc) is 3.57. The van der Waals surface area contributed by atoms with E-state index in [1.165, 1.54) is 24.8 Å². The molecule has 0 saturated heterocycles. The largest absolute Gasteiger partial charge is 0.345 e. The van der Waals surface area contributed by atoms with Gasteiger partial charge in [0.05, 0.1) is 17.4 Å².